The molecular weight excluding hydrogens is 340 g/mol. The molecule has 3 rings (SSSR count). The summed E-state index contributed by atoms with van der Waals surface area (Å²) in [6, 6.07) is 9.37. The van der Waals surface area contributed by atoms with Crippen LogP contribution in [0.2, 0.25) is 0 Å². The SMILES string of the molecule is Cc1c(-c2cc(F)ccc2F)cccc1-n1cc(O)c(=O)cc1C(C)O. The number of aromatic hydroxyl groups is 1. The highest BCUT2D eigenvalue weighted by molar-refractivity contribution is 5.71. The Morgan fingerprint density at radius 2 is 1.81 bits per heavy atom. The van der Waals surface area contributed by atoms with E-state index in [4.69, 9.17) is 0 Å². The van der Waals surface area contributed by atoms with Gasteiger partial charge in [0.05, 0.1) is 18.0 Å². The fraction of sp³-hybridized carbons (Fsp3) is 0.150. The van der Waals surface area contributed by atoms with Crippen molar-refractivity contribution in [3.63, 3.8) is 0 Å². The number of halogens is 2. The van der Waals surface area contributed by atoms with E-state index in [9.17, 15) is 23.8 Å². The van der Waals surface area contributed by atoms with E-state index in [1.807, 2.05) is 0 Å². The fourth-order valence-electron chi connectivity index (χ4n) is 2.95. The Bertz CT molecular complexity index is 1040. The first kappa shape index (κ1) is 17.8. The van der Waals surface area contributed by atoms with Gasteiger partial charge in [-0.2, -0.15) is 0 Å². The van der Waals surface area contributed by atoms with Crippen LogP contribution in [0.1, 0.15) is 24.3 Å². The van der Waals surface area contributed by atoms with Gasteiger partial charge in [0.1, 0.15) is 11.6 Å². The molecule has 26 heavy (non-hydrogen) atoms. The van der Waals surface area contributed by atoms with E-state index in [1.165, 1.54) is 17.7 Å². The molecule has 2 N–H and O–H groups in total. The van der Waals surface area contributed by atoms with Crippen molar-refractivity contribution in [2.75, 3.05) is 0 Å². The average Bonchev–Trinajstić information content (AvgIpc) is 2.59. The zero-order chi connectivity index (χ0) is 19.0. The van der Waals surface area contributed by atoms with Crippen LogP contribution in [0, 0.1) is 18.6 Å². The van der Waals surface area contributed by atoms with E-state index in [-0.39, 0.29) is 11.3 Å². The van der Waals surface area contributed by atoms with Crippen LogP contribution in [0.3, 0.4) is 0 Å². The predicted molar refractivity (Wildman–Crippen MR) is 94.4 cm³/mol. The second-order valence-corrected chi connectivity index (χ2v) is 6.07. The van der Waals surface area contributed by atoms with Crippen LogP contribution in [0.25, 0.3) is 16.8 Å². The van der Waals surface area contributed by atoms with Crippen LogP contribution in [0.5, 0.6) is 5.75 Å². The molecule has 134 valence electrons. The maximum atomic E-state index is 14.2. The summed E-state index contributed by atoms with van der Waals surface area (Å²) in [5.41, 5.74) is 1.36. The molecule has 1 atom stereocenters. The summed E-state index contributed by atoms with van der Waals surface area (Å²) < 4.78 is 29.3. The molecular formula is C20H17F2NO3. The number of aliphatic hydroxyl groups excluding tert-OH is 1. The van der Waals surface area contributed by atoms with Gasteiger partial charge in [0, 0.05) is 17.3 Å². The van der Waals surface area contributed by atoms with E-state index in [1.54, 1.807) is 25.1 Å². The molecule has 0 aliphatic carbocycles. The summed E-state index contributed by atoms with van der Waals surface area (Å²) in [6.45, 7) is 3.21. The third-order valence-corrected chi connectivity index (χ3v) is 4.27. The quantitative estimate of drug-likeness (QED) is 0.748. The monoisotopic (exact) mass is 357 g/mol. The van der Waals surface area contributed by atoms with E-state index in [0.29, 0.717) is 16.8 Å². The molecule has 1 unspecified atom stereocenters. The first-order valence-electron chi connectivity index (χ1n) is 7.98. The summed E-state index contributed by atoms with van der Waals surface area (Å²) in [5, 5.41) is 19.8. The van der Waals surface area contributed by atoms with Gasteiger partial charge < -0.3 is 14.8 Å². The van der Waals surface area contributed by atoms with Gasteiger partial charge in [-0.25, -0.2) is 8.78 Å². The molecule has 0 amide bonds. The Hall–Kier alpha value is -2.99. The number of nitrogens with zero attached hydrogens (tertiary/aromatic N) is 1. The summed E-state index contributed by atoms with van der Waals surface area (Å²) in [7, 11) is 0. The van der Waals surface area contributed by atoms with Crippen molar-refractivity contribution < 1.29 is 19.0 Å². The third-order valence-electron chi connectivity index (χ3n) is 4.27. The van der Waals surface area contributed by atoms with Crippen molar-refractivity contribution in [3.05, 3.63) is 81.8 Å². The third kappa shape index (κ3) is 3.11. The summed E-state index contributed by atoms with van der Waals surface area (Å²) in [6.07, 6.45) is 0.232. The Labute approximate surface area is 148 Å². The zero-order valence-electron chi connectivity index (χ0n) is 14.2. The number of benzene rings is 2. The standard InChI is InChI=1S/C20H17F2NO3/c1-11-14(15-8-13(21)6-7-16(15)22)4-3-5-17(11)23-10-20(26)19(25)9-18(23)12(2)24/h3-10,12,24,26H,1-2H3. The lowest BCUT2D eigenvalue weighted by Gasteiger charge is -2.19. The van der Waals surface area contributed by atoms with Crippen LogP contribution >= 0.6 is 0 Å². The Morgan fingerprint density at radius 1 is 1.08 bits per heavy atom. The molecule has 1 aromatic heterocycles. The van der Waals surface area contributed by atoms with Gasteiger partial charge >= 0.3 is 0 Å². The molecule has 0 radical (unpaired) electrons. The fourth-order valence-corrected chi connectivity index (χ4v) is 2.95. The Morgan fingerprint density at radius 3 is 2.50 bits per heavy atom. The van der Waals surface area contributed by atoms with Crippen molar-refractivity contribution in [3.8, 4) is 22.6 Å². The number of hydrogen-bond donors (Lipinski definition) is 2. The molecule has 0 fully saturated rings. The molecule has 0 saturated heterocycles. The van der Waals surface area contributed by atoms with Crippen LogP contribution in [0.4, 0.5) is 8.78 Å². The molecule has 0 saturated carbocycles. The van der Waals surface area contributed by atoms with Crippen LogP contribution in [-0.4, -0.2) is 14.8 Å². The normalized spacial score (nSPS) is 12.2. The van der Waals surface area contributed by atoms with E-state index >= 15 is 0 Å². The minimum absolute atomic E-state index is 0.105. The molecule has 0 aliphatic rings. The average molecular weight is 357 g/mol. The van der Waals surface area contributed by atoms with Gasteiger partial charge in [0.15, 0.2) is 5.75 Å². The molecule has 1 heterocycles. The first-order valence-corrected chi connectivity index (χ1v) is 7.98. The molecule has 0 bridgehead atoms. The van der Waals surface area contributed by atoms with Gasteiger partial charge in [0.25, 0.3) is 0 Å². The van der Waals surface area contributed by atoms with Crippen molar-refractivity contribution in [2.45, 2.75) is 20.0 Å². The van der Waals surface area contributed by atoms with E-state index < -0.39 is 28.9 Å². The van der Waals surface area contributed by atoms with Crippen molar-refractivity contribution in [2.24, 2.45) is 0 Å². The topological polar surface area (TPSA) is 62.5 Å². The first-order chi connectivity index (χ1) is 12.3. The molecule has 6 heteroatoms. The number of aliphatic hydroxyl groups is 1. The summed E-state index contributed by atoms with van der Waals surface area (Å²) in [5.74, 6) is -1.60. The molecule has 4 nitrogen and oxygen atoms in total. The smallest absolute Gasteiger partial charge is 0.223 e. The highest BCUT2D eigenvalue weighted by Gasteiger charge is 2.16. The molecule has 0 aliphatic heterocycles. The van der Waals surface area contributed by atoms with Gasteiger partial charge in [0.2, 0.25) is 5.43 Å². The van der Waals surface area contributed by atoms with E-state index in [0.717, 1.165) is 24.3 Å². The predicted octanol–water partition coefficient (Wildman–Crippen LogP) is 3.85. The van der Waals surface area contributed by atoms with Crippen molar-refractivity contribution >= 4 is 0 Å². The van der Waals surface area contributed by atoms with Crippen molar-refractivity contribution in [1.29, 1.82) is 0 Å². The minimum Gasteiger partial charge on any atom is -0.503 e. The van der Waals surface area contributed by atoms with Gasteiger partial charge in [-0.05, 0) is 49.2 Å². The Balaban J connectivity index is 2.28. The maximum absolute atomic E-state index is 14.2. The zero-order valence-corrected chi connectivity index (χ0v) is 14.2. The minimum atomic E-state index is -0.975. The highest BCUT2D eigenvalue weighted by Crippen LogP contribution is 2.31. The molecule has 3 aromatic rings. The van der Waals surface area contributed by atoms with Crippen LogP contribution in [-0.2, 0) is 0 Å². The number of pyridine rings is 1. The number of hydrogen-bond acceptors (Lipinski definition) is 3. The summed E-state index contributed by atoms with van der Waals surface area (Å²) in [4.78, 5) is 11.7. The number of rotatable bonds is 3. The summed E-state index contributed by atoms with van der Waals surface area (Å²) >= 11 is 0. The lowest BCUT2D eigenvalue weighted by Crippen LogP contribution is -2.14. The molecule has 0 spiro atoms. The highest BCUT2D eigenvalue weighted by atomic mass is 19.1. The van der Waals surface area contributed by atoms with E-state index in [2.05, 4.69) is 0 Å². The lowest BCUT2D eigenvalue weighted by molar-refractivity contribution is 0.191. The van der Waals surface area contributed by atoms with Crippen LogP contribution < -0.4 is 5.43 Å². The lowest BCUT2D eigenvalue weighted by atomic mass is 9.98. The molecule has 2 aromatic carbocycles. The van der Waals surface area contributed by atoms with Gasteiger partial charge in [-0.1, -0.05) is 12.1 Å². The number of aromatic nitrogens is 1. The second kappa shape index (κ2) is 6.72. The maximum Gasteiger partial charge on any atom is 0.223 e. The second-order valence-electron chi connectivity index (χ2n) is 6.07. The van der Waals surface area contributed by atoms with Gasteiger partial charge in [-0.3, -0.25) is 4.79 Å². The largest absolute Gasteiger partial charge is 0.503 e. The van der Waals surface area contributed by atoms with Crippen LogP contribution in [0.15, 0.2) is 53.5 Å². The van der Waals surface area contributed by atoms with Crippen molar-refractivity contribution in [1.82, 2.24) is 4.57 Å². The van der Waals surface area contributed by atoms with Gasteiger partial charge in [-0.15, -0.1) is 0 Å². The Kier molecular flexibility index (Phi) is 4.61.